The van der Waals surface area contributed by atoms with E-state index in [1.807, 2.05) is 0 Å². The highest BCUT2D eigenvalue weighted by Gasteiger charge is 2.19. The number of amides is 1. The van der Waals surface area contributed by atoms with Gasteiger partial charge in [-0.3, -0.25) is 9.32 Å². The summed E-state index contributed by atoms with van der Waals surface area (Å²) < 4.78 is 18.6. The number of hydrogen-bond acceptors (Lipinski definition) is 4. The summed E-state index contributed by atoms with van der Waals surface area (Å²) >= 11 is 1.05. The van der Waals surface area contributed by atoms with Crippen LogP contribution in [0.1, 0.15) is 0 Å². The third-order valence-electron chi connectivity index (χ3n) is 2.22. The zero-order valence-corrected chi connectivity index (χ0v) is 10.8. The van der Waals surface area contributed by atoms with Crippen molar-refractivity contribution in [3.05, 3.63) is 40.5 Å². The lowest BCUT2D eigenvalue weighted by molar-refractivity contribution is -0.772. The van der Waals surface area contributed by atoms with Crippen LogP contribution in [-0.2, 0) is 11.8 Å². The van der Waals surface area contributed by atoms with E-state index in [1.54, 1.807) is 7.05 Å². The molecule has 1 amide bonds. The Morgan fingerprint density at radius 3 is 2.74 bits per heavy atom. The molecule has 0 fully saturated rings. The molecule has 0 aliphatic rings. The molecule has 100 valence electrons. The molecule has 6 nitrogen and oxygen atoms in total. The van der Waals surface area contributed by atoms with Crippen molar-refractivity contribution in [3.63, 3.8) is 0 Å². The second-order valence-electron chi connectivity index (χ2n) is 3.69. The van der Waals surface area contributed by atoms with Crippen LogP contribution in [0.3, 0.4) is 0 Å². The van der Waals surface area contributed by atoms with Gasteiger partial charge in [-0.05, 0) is 41.3 Å². The maximum absolute atomic E-state index is 12.7. The highest BCUT2D eigenvalue weighted by Crippen LogP contribution is 2.11. The van der Waals surface area contributed by atoms with Gasteiger partial charge in [-0.1, -0.05) is 4.68 Å². The van der Waals surface area contributed by atoms with Gasteiger partial charge >= 0.3 is 10.7 Å². The molecule has 2 aromatic rings. The minimum Gasteiger partial charge on any atom is -0.325 e. The van der Waals surface area contributed by atoms with E-state index in [-0.39, 0.29) is 17.5 Å². The molecule has 1 aromatic carbocycles. The molecule has 0 atom stereocenters. The Kier molecular flexibility index (Phi) is 4.00. The minimum atomic E-state index is -0.526. The highest BCUT2D eigenvalue weighted by atomic mass is 32.2. The molecular formula is C11H11FN3O3S+. The summed E-state index contributed by atoms with van der Waals surface area (Å²) in [4.78, 5) is 22.9. The van der Waals surface area contributed by atoms with Crippen molar-refractivity contribution in [1.29, 1.82) is 0 Å². The first kappa shape index (κ1) is 13.3. The van der Waals surface area contributed by atoms with E-state index in [0.717, 1.165) is 11.8 Å². The van der Waals surface area contributed by atoms with Gasteiger partial charge in [-0.25, -0.2) is 9.18 Å². The molecule has 0 radical (unpaired) electrons. The zero-order chi connectivity index (χ0) is 13.8. The quantitative estimate of drug-likeness (QED) is 0.638. The van der Waals surface area contributed by atoms with E-state index in [4.69, 9.17) is 0 Å². The van der Waals surface area contributed by atoms with Gasteiger partial charge in [0.1, 0.15) is 5.82 Å². The summed E-state index contributed by atoms with van der Waals surface area (Å²) in [6, 6.07) is 5.43. The summed E-state index contributed by atoms with van der Waals surface area (Å²) in [7, 11) is 1.60. The van der Waals surface area contributed by atoms with Crippen LogP contribution >= 0.6 is 11.8 Å². The third-order valence-corrected chi connectivity index (χ3v) is 3.34. The molecular weight excluding hydrogens is 273 g/mol. The average Bonchev–Trinajstić information content (AvgIpc) is 2.70. The number of carbonyl (C=O) groups is 1. The number of carbonyl (C=O) groups excluding carboxylic acids is 1. The van der Waals surface area contributed by atoms with Crippen molar-refractivity contribution < 1.29 is 18.4 Å². The molecule has 0 saturated carbocycles. The van der Waals surface area contributed by atoms with Crippen LogP contribution in [0.4, 0.5) is 10.1 Å². The fourth-order valence-corrected chi connectivity index (χ4v) is 2.08. The molecule has 0 spiro atoms. The second kappa shape index (κ2) is 5.70. The van der Waals surface area contributed by atoms with E-state index in [1.165, 1.54) is 28.9 Å². The Hall–Kier alpha value is -2.09. The summed E-state index contributed by atoms with van der Waals surface area (Å²) in [6.45, 7) is 0. The first-order valence-electron chi connectivity index (χ1n) is 5.32. The number of benzene rings is 1. The third kappa shape index (κ3) is 3.44. The van der Waals surface area contributed by atoms with E-state index < -0.39 is 5.63 Å². The number of thioether (sulfide) groups is 1. The molecule has 1 aromatic heterocycles. The Bertz CT molecular complexity index is 635. The monoisotopic (exact) mass is 284 g/mol. The van der Waals surface area contributed by atoms with Gasteiger partial charge in [0.15, 0.2) is 7.05 Å². The van der Waals surface area contributed by atoms with Crippen molar-refractivity contribution in [2.75, 3.05) is 11.1 Å². The maximum atomic E-state index is 12.7. The fraction of sp³-hybridized carbons (Fsp3) is 0.182. The molecule has 0 aliphatic heterocycles. The van der Waals surface area contributed by atoms with Crippen LogP contribution < -0.4 is 15.6 Å². The van der Waals surface area contributed by atoms with Crippen LogP contribution in [0.15, 0.2) is 38.6 Å². The average molecular weight is 284 g/mol. The molecule has 19 heavy (non-hydrogen) atoms. The number of aromatic nitrogens is 2. The number of aryl methyl sites for hydroxylation is 1. The minimum absolute atomic E-state index is 0.0494. The number of aromatic amines is 1. The topological polar surface area (TPSA) is 79.0 Å². The molecule has 8 heteroatoms. The number of halogens is 1. The van der Waals surface area contributed by atoms with Crippen LogP contribution in [-0.4, -0.2) is 16.9 Å². The Labute approximate surface area is 111 Å². The smallest absolute Gasteiger partial charge is 0.325 e. The Balaban J connectivity index is 1.92. The lowest BCUT2D eigenvalue weighted by Crippen LogP contribution is -2.34. The summed E-state index contributed by atoms with van der Waals surface area (Å²) in [5, 5.41) is 5.24. The van der Waals surface area contributed by atoms with Gasteiger partial charge in [0.25, 0.3) is 0 Å². The predicted molar refractivity (Wildman–Crippen MR) is 66.3 cm³/mol. The van der Waals surface area contributed by atoms with Crippen molar-refractivity contribution in [2.45, 2.75) is 5.03 Å². The Morgan fingerprint density at radius 1 is 1.47 bits per heavy atom. The molecule has 0 aliphatic carbocycles. The maximum Gasteiger partial charge on any atom is 0.441 e. The molecule has 1 heterocycles. The number of anilines is 1. The number of nitrogens with zero attached hydrogens (tertiary/aromatic N) is 1. The lowest BCUT2D eigenvalue weighted by Gasteiger charge is -2.02. The zero-order valence-electron chi connectivity index (χ0n) is 9.97. The standard InChI is InChI=1S/C11H10FN3O3S/c1-15-10(11(17)18-14-15)19-6-9(16)13-8-4-2-7(12)3-5-8/h2-5H,6H2,1H3,(H-,13,14,16,17)/p+1. The molecule has 0 unspecified atom stereocenters. The SMILES string of the molecule is C[n+]1[nH]oc(=O)c1SCC(=O)Nc1ccc(F)cc1. The first-order valence-corrected chi connectivity index (χ1v) is 6.30. The fourth-order valence-electron chi connectivity index (χ4n) is 1.35. The van der Waals surface area contributed by atoms with Gasteiger partial charge < -0.3 is 5.32 Å². The largest absolute Gasteiger partial charge is 0.441 e. The summed E-state index contributed by atoms with van der Waals surface area (Å²) in [5.41, 5.74) is -0.0282. The van der Waals surface area contributed by atoms with E-state index in [2.05, 4.69) is 15.1 Å². The first-order chi connectivity index (χ1) is 9.06. The summed E-state index contributed by atoms with van der Waals surface area (Å²) in [5.74, 6) is -0.616. The van der Waals surface area contributed by atoms with Gasteiger partial charge in [0.2, 0.25) is 5.91 Å². The van der Waals surface area contributed by atoms with Crippen LogP contribution in [0.5, 0.6) is 0 Å². The predicted octanol–water partition coefficient (Wildman–Crippen LogP) is 0.662. The number of nitrogens with one attached hydrogen (secondary N) is 2. The van der Waals surface area contributed by atoms with E-state index in [0.29, 0.717) is 10.7 Å². The number of hydrogen-bond donors (Lipinski definition) is 2. The highest BCUT2D eigenvalue weighted by molar-refractivity contribution is 7.99. The number of rotatable bonds is 4. The van der Waals surface area contributed by atoms with E-state index in [9.17, 15) is 14.0 Å². The normalized spacial score (nSPS) is 10.4. The van der Waals surface area contributed by atoms with Gasteiger partial charge in [0, 0.05) is 5.69 Å². The molecule has 2 rings (SSSR count). The lowest BCUT2D eigenvalue weighted by atomic mass is 10.3. The van der Waals surface area contributed by atoms with Gasteiger partial charge in [-0.15, -0.1) is 0 Å². The second-order valence-corrected chi connectivity index (χ2v) is 4.65. The van der Waals surface area contributed by atoms with Gasteiger partial charge in [0.05, 0.1) is 5.75 Å². The Morgan fingerprint density at radius 2 is 2.16 bits per heavy atom. The van der Waals surface area contributed by atoms with Crippen molar-refractivity contribution >= 4 is 23.4 Å². The molecule has 0 bridgehead atoms. The van der Waals surface area contributed by atoms with Crippen molar-refractivity contribution in [1.82, 2.24) is 5.27 Å². The van der Waals surface area contributed by atoms with Crippen molar-refractivity contribution in [3.8, 4) is 0 Å². The van der Waals surface area contributed by atoms with Crippen LogP contribution in [0, 0.1) is 5.82 Å². The van der Waals surface area contributed by atoms with Crippen molar-refractivity contribution in [2.24, 2.45) is 7.05 Å². The number of H-pyrrole nitrogens is 1. The summed E-state index contributed by atoms with van der Waals surface area (Å²) in [6.07, 6.45) is 0. The van der Waals surface area contributed by atoms with Gasteiger partial charge in [-0.2, -0.15) is 0 Å². The molecule has 0 saturated heterocycles. The van der Waals surface area contributed by atoms with Crippen LogP contribution in [0.25, 0.3) is 0 Å². The van der Waals surface area contributed by atoms with E-state index >= 15 is 0 Å². The molecule has 2 N–H and O–H groups in total. The van der Waals surface area contributed by atoms with Crippen LogP contribution in [0.2, 0.25) is 0 Å².